The number of hydrogen-bond donors (Lipinski definition) is 0. The highest BCUT2D eigenvalue weighted by Gasteiger charge is 2.24. The van der Waals surface area contributed by atoms with Crippen molar-refractivity contribution in [1.82, 2.24) is 0 Å². The van der Waals surface area contributed by atoms with Gasteiger partial charge >= 0.3 is 0 Å². The summed E-state index contributed by atoms with van der Waals surface area (Å²) in [5.41, 5.74) is 3.19. The number of rotatable bonds is 2. The highest BCUT2D eigenvalue weighted by molar-refractivity contribution is 6.68. The average molecular weight is 319 g/mol. The van der Waals surface area contributed by atoms with Crippen molar-refractivity contribution in [2.24, 2.45) is 0 Å². The van der Waals surface area contributed by atoms with Gasteiger partial charge in [-0.15, -0.1) is 0 Å². The highest BCUT2D eigenvalue weighted by atomic mass is 35.5. The summed E-state index contributed by atoms with van der Waals surface area (Å²) < 4.78 is 0. The molecule has 0 saturated heterocycles. The zero-order valence-corrected chi connectivity index (χ0v) is 12.2. The minimum atomic E-state index is -0.598. The molecule has 104 valence electrons. The van der Waals surface area contributed by atoms with E-state index < -0.39 is 10.5 Å². The molecule has 0 aliphatic heterocycles. The van der Waals surface area contributed by atoms with Crippen molar-refractivity contribution in [1.29, 1.82) is 0 Å². The molecule has 3 rings (SSSR count). The van der Waals surface area contributed by atoms with E-state index in [1.54, 1.807) is 24.3 Å². The van der Waals surface area contributed by atoms with Crippen molar-refractivity contribution < 1.29 is 14.4 Å². The summed E-state index contributed by atoms with van der Waals surface area (Å²) in [6, 6.07) is 9.55. The fourth-order valence-corrected chi connectivity index (χ4v) is 2.73. The van der Waals surface area contributed by atoms with Crippen LogP contribution < -0.4 is 0 Å². The Bertz CT molecular complexity index is 809. The molecule has 3 nitrogen and oxygen atoms in total. The lowest BCUT2D eigenvalue weighted by Gasteiger charge is -2.19. The third-order valence-corrected chi connectivity index (χ3v) is 3.98. The molecule has 1 aliphatic rings. The molecule has 2 aromatic carbocycles. The molecule has 0 fully saturated rings. The first-order valence-corrected chi connectivity index (χ1v) is 6.93. The van der Waals surface area contributed by atoms with Crippen molar-refractivity contribution in [2.75, 3.05) is 0 Å². The van der Waals surface area contributed by atoms with Crippen LogP contribution in [0.5, 0.6) is 0 Å². The van der Waals surface area contributed by atoms with Crippen molar-refractivity contribution in [3.8, 4) is 0 Å². The topological polar surface area (TPSA) is 51.2 Å². The van der Waals surface area contributed by atoms with Crippen LogP contribution in [-0.4, -0.2) is 16.3 Å². The maximum atomic E-state index is 12.5. The Kier molecular flexibility index (Phi) is 3.40. The first-order valence-electron chi connectivity index (χ1n) is 6.17. The SMILES string of the molecule is O=C(Cl)c1ccc2c(c1)Cc1ccc(C(=O)Cl)cc1C2=O. The van der Waals surface area contributed by atoms with Crippen molar-refractivity contribution in [3.05, 3.63) is 69.8 Å². The molecule has 0 N–H and O–H groups in total. The zero-order valence-electron chi connectivity index (χ0n) is 10.7. The number of ketones is 1. The number of fused-ring (bicyclic) bond motifs is 2. The molecule has 2 aromatic rings. The average Bonchev–Trinajstić information content (AvgIpc) is 2.46. The van der Waals surface area contributed by atoms with E-state index in [4.69, 9.17) is 23.2 Å². The first-order chi connectivity index (χ1) is 9.97. The number of hydrogen-bond acceptors (Lipinski definition) is 3. The molecule has 0 heterocycles. The van der Waals surface area contributed by atoms with Gasteiger partial charge in [0.25, 0.3) is 10.5 Å². The van der Waals surface area contributed by atoms with E-state index in [-0.39, 0.29) is 5.78 Å². The number of benzene rings is 2. The molecular formula is C16H8Cl2O3. The summed E-state index contributed by atoms with van der Waals surface area (Å²) in [6.07, 6.45) is 0.505. The molecule has 1 aliphatic carbocycles. The summed E-state index contributed by atoms with van der Waals surface area (Å²) in [5, 5.41) is -1.15. The zero-order chi connectivity index (χ0) is 15.1. The van der Waals surface area contributed by atoms with Gasteiger partial charge in [0.1, 0.15) is 0 Å². The van der Waals surface area contributed by atoms with Crippen molar-refractivity contribution in [3.63, 3.8) is 0 Å². The lowest BCUT2D eigenvalue weighted by Crippen LogP contribution is -2.16. The summed E-state index contributed by atoms with van der Waals surface area (Å²) >= 11 is 10.9. The van der Waals surface area contributed by atoms with Gasteiger partial charge in [0.15, 0.2) is 5.78 Å². The first kappa shape index (κ1) is 14.0. The molecule has 0 aromatic heterocycles. The molecule has 0 unspecified atom stereocenters. The van der Waals surface area contributed by atoms with Gasteiger partial charge in [-0.05, 0) is 71.1 Å². The van der Waals surface area contributed by atoms with Crippen molar-refractivity contribution >= 4 is 39.5 Å². The molecule has 0 atom stereocenters. The summed E-state index contributed by atoms with van der Waals surface area (Å²) in [6.45, 7) is 0. The van der Waals surface area contributed by atoms with Gasteiger partial charge in [-0.1, -0.05) is 6.07 Å². The third-order valence-electron chi connectivity index (χ3n) is 3.54. The van der Waals surface area contributed by atoms with Crippen LogP contribution in [0.25, 0.3) is 0 Å². The van der Waals surface area contributed by atoms with Crippen LogP contribution in [0.1, 0.15) is 47.8 Å². The second kappa shape index (κ2) is 5.10. The number of halogens is 2. The van der Waals surface area contributed by atoms with Crippen molar-refractivity contribution in [2.45, 2.75) is 6.42 Å². The maximum Gasteiger partial charge on any atom is 0.252 e. The van der Waals surface area contributed by atoms with Crippen LogP contribution in [0.15, 0.2) is 36.4 Å². The molecular weight excluding hydrogens is 311 g/mol. The largest absolute Gasteiger partial charge is 0.289 e. The highest BCUT2D eigenvalue weighted by Crippen LogP contribution is 2.29. The molecule has 0 bridgehead atoms. The molecule has 0 amide bonds. The van der Waals surface area contributed by atoms with Crippen LogP contribution in [0.2, 0.25) is 0 Å². The predicted octanol–water partition coefficient (Wildman–Crippen LogP) is 3.58. The van der Waals surface area contributed by atoms with E-state index in [1.165, 1.54) is 12.1 Å². The standard InChI is InChI=1S/C16H8Cl2O3/c17-15(20)9-3-4-12-11(6-9)5-8-1-2-10(16(18)21)7-13(8)14(12)19/h1-4,6-7H,5H2. The summed E-state index contributed by atoms with van der Waals surface area (Å²) in [4.78, 5) is 34.9. The Morgan fingerprint density at radius 1 is 0.810 bits per heavy atom. The van der Waals surface area contributed by atoms with Gasteiger partial charge < -0.3 is 0 Å². The van der Waals surface area contributed by atoms with E-state index in [1.807, 2.05) is 0 Å². The maximum absolute atomic E-state index is 12.5. The van der Waals surface area contributed by atoms with E-state index in [2.05, 4.69) is 0 Å². The van der Waals surface area contributed by atoms with E-state index in [9.17, 15) is 14.4 Å². The Morgan fingerprint density at radius 3 is 2.10 bits per heavy atom. The predicted molar refractivity (Wildman–Crippen MR) is 79.5 cm³/mol. The normalized spacial score (nSPS) is 12.6. The summed E-state index contributed by atoms with van der Waals surface area (Å²) in [5.74, 6) is -0.181. The molecule has 21 heavy (non-hydrogen) atoms. The summed E-state index contributed by atoms with van der Waals surface area (Å²) in [7, 11) is 0. The van der Waals surface area contributed by atoms with Crippen LogP contribution >= 0.6 is 23.2 Å². The van der Waals surface area contributed by atoms with E-state index >= 15 is 0 Å². The van der Waals surface area contributed by atoms with Crippen LogP contribution in [0.3, 0.4) is 0 Å². The monoisotopic (exact) mass is 318 g/mol. The van der Waals surface area contributed by atoms with Gasteiger partial charge in [0.2, 0.25) is 0 Å². The number of carbonyl (C=O) groups excluding carboxylic acids is 3. The Hall–Kier alpha value is -1.97. The van der Waals surface area contributed by atoms with Gasteiger partial charge in [0.05, 0.1) is 0 Å². The van der Waals surface area contributed by atoms with E-state index in [0.29, 0.717) is 28.7 Å². The lowest BCUT2D eigenvalue weighted by atomic mass is 9.83. The van der Waals surface area contributed by atoms with Gasteiger partial charge in [0, 0.05) is 22.3 Å². The quantitative estimate of drug-likeness (QED) is 0.678. The lowest BCUT2D eigenvalue weighted by molar-refractivity contribution is 0.103. The third kappa shape index (κ3) is 2.39. The second-order valence-corrected chi connectivity index (χ2v) is 5.48. The Labute approximate surface area is 130 Å². The Balaban J connectivity index is 2.12. The van der Waals surface area contributed by atoms with Crippen LogP contribution in [0.4, 0.5) is 0 Å². The number of carbonyl (C=O) groups is 3. The molecule has 0 spiro atoms. The fourth-order valence-electron chi connectivity index (χ4n) is 2.50. The second-order valence-electron chi connectivity index (χ2n) is 4.80. The Morgan fingerprint density at radius 2 is 1.43 bits per heavy atom. The van der Waals surface area contributed by atoms with Gasteiger partial charge in [-0.3, -0.25) is 14.4 Å². The van der Waals surface area contributed by atoms with Crippen LogP contribution in [-0.2, 0) is 6.42 Å². The van der Waals surface area contributed by atoms with Crippen LogP contribution in [0, 0.1) is 0 Å². The minimum absolute atomic E-state index is 0.181. The van der Waals surface area contributed by atoms with Gasteiger partial charge in [-0.25, -0.2) is 0 Å². The molecule has 5 heteroatoms. The molecule has 0 saturated carbocycles. The fraction of sp³-hybridized carbons (Fsp3) is 0.0625. The smallest absolute Gasteiger partial charge is 0.252 e. The van der Waals surface area contributed by atoms with E-state index in [0.717, 1.165) is 11.1 Å². The van der Waals surface area contributed by atoms with Gasteiger partial charge in [-0.2, -0.15) is 0 Å². The molecule has 0 radical (unpaired) electrons. The minimum Gasteiger partial charge on any atom is -0.289 e.